The van der Waals surface area contributed by atoms with Crippen molar-refractivity contribution in [1.29, 1.82) is 0 Å². The summed E-state index contributed by atoms with van der Waals surface area (Å²) in [5, 5.41) is 7.47. The molecule has 0 spiro atoms. The largest absolute Gasteiger partial charge is 0.319 e. The van der Waals surface area contributed by atoms with E-state index in [0.29, 0.717) is 21.9 Å². The van der Waals surface area contributed by atoms with E-state index in [9.17, 15) is 4.79 Å². The fourth-order valence-corrected chi connectivity index (χ4v) is 4.71. The van der Waals surface area contributed by atoms with Crippen LogP contribution in [-0.4, -0.2) is 25.1 Å². The van der Waals surface area contributed by atoms with Gasteiger partial charge in [0, 0.05) is 30.7 Å². The van der Waals surface area contributed by atoms with Gasteiger partial charge in [0.25, 0.3) is 5.91 Å². The van der Waals surface area contributed by atoms with Crippen LogP contribution in [0.5, 0.6) is 0 Å². The zero-order chi connectivity index (χ0) is 24.4. The lowest BCUT2D eigenvalue weighted by atomic mass is 9.87. The number of fused-ring (bicyclic) bond motifs is 1. The van der Waals surface area contributed by atoms with Crippen LogP contribution >= 0.6 is 11.6 Å². The lowest BCUT2D eigenvalue weighted by Crippen LogP contribution is -2.13. The number of nitrogens with one attached hydrogen (secondary N) is 1. The van der Waals surface area contributed by atoms with Crippen molar-refractivity contribution in [2.24, 2.45) is 0 Å². The number of carbonyl (C=O) groups excluding carboxylic acids is 1. The summed E-state index contributed by atoms with van der Waals surface area (Å²) < 4.78 is 3.75. The van der Waals surface area contributed by atoms with E-state index in [-0.39, 0.29) is 11.8 Å². The highest BCUT2D eigenvalue weighted by Crippen LogP contribution is 2.35. The number of hydrogen-bond acceptors (Lipinski definition) is 3. The maximum Gasteiger partial charge on any atom is 0.258 e. The van der Waals surface area contributed by atoms with Crippen molar-refractivity contribution in [2.45, 2.75) is 32.7 Å². The van der Waals surface area contributed by atoms with Gasteiger partial charge in [-0.05, 0) is 24.5 Å². The van der Waals surface area contributed by atoms with Crippen LogP contribution in [0.1, 0.15) is 52.6 Å². The molecule has 0 aliphatic heterocycles. The second-order valence-corrected chi connectivity index (χ2v) is 8.76. The zero-order valence-electron chi connectivity index (χ0n) is 19.6. The van der Waals surface area contributed by atoms with E-state index >= 15 is 0 Å². The maximum absolute atomic E-state index is 13.1. The van der Waals surface area contributed by atoms with E-state index in [2.05, 4.69) is 41.6 Å². The molecule has 5 rings (SSSR count). The van der Waals surface area contributed by atoms with Gasteiger partial charge in [-0.1, -0.05) is 79.2 Å². The van der Waals surface area contributed by atoms with Crippen molar-refractivity contribution in [1.82, 2.24) is 19.2 Å². The van der Waals surface area contributed by atoms with Crippen LogP contribution < -0.4 is 5.32 Å². The van der Waals surface area contributed by atoms with Crippen molar-refractivity contribution < 1.29 is 4.79 Å². The summed E-state index contributed by atoms with van der Waals surface area (Å²) in [7, 11) is 0. The van der Waals surface area contributed by atoms with Gasteiger partial charge in [0.2, 0.25) is 0 Å². The Morgan fingerprint density at radius 1 is 1.00 bits per heavy atom. The first-order valence-electron chi connectivity index (χ1n) is 11.7. The van der Waals surface area contributed by atoms with Crippen LogP contribution in [0.15, 0.2) is 85.3 Å². The second kappa shape index (κ2) is 9.76. The van der Waals surface area contributed by atoms with Crippen LogP contribution in [0.2, 0.25) is 5.02 Å². The predicted molar refractivity (Wildman–Crippen MR) is 139 cm³/mol. The molecule has 1 N–H and O–H groups in total. The molecule has 5 aromatic rings. The second-order valence-electron chi connectivity index (χ2n) is 8.35. The lowest BCUT2D eigenvalue weighted by Gasteiger charge is -2.18. The van der Waals surface area contributed by atoms with Crippen LogP contribution in [0.3, 0.4) is 0 Å². The van der Waals surface area contributed by atoms with Gasteiger partial charge in [-0.25, -0.2) is 4.98 Å². The SMILES string of the molecule is CCc1c(C(c2ccccc2)c2ccccc2)nc2cc(Cl)c(C(=O)Nc3cnn(CC)c3)cn12. The Morgan fingerprint density at radius 3 is 2.23 bits per heavy atom. The molecule has 0 radical (unpaired) electrons. The van der Waals surface area contributed by atoms with Crippen LogP contribution in [0, 0.1) is 0 Å². The molecule has 0 unspecified atom stereocenters. The number of aryl methyl sites for hydroxylation is 2. The first kappa shape index (κ1) is 22.9. The minimum absolute atomic E-state index is 0.0387. The molecular formula is C28H26ClN5O. The molecular weight excluding hydrogens is 458 g/mol. The molecule has 35 heavy (non-hydrogen) atoms. The Bertz CT molecular complexity index is 1430. The molecule has 0 saturated carbocycles. The smallest absolute Gasteiger partial charge is 0.258 e. The third kappa shape index (κ3) is 4.45. The highest BCUT2D eigenvalue weighted by molar-refractivity contribution is 6.34. The molecule has 1 amide bonds. The Hall–Kier alpha value is -3.90. The Balaban J connectivity index is 1.61. The molecule has 0 aliphatic carbocycles. The number of amides is 1. The molecule has 0 saturated heterocycles. The maximum atomic E-state index is 13.1. The van der Waals surface area contributed by atoms with E-state index in [4.69, 9.17) is 16.6 Å². The summed E-state index contributed by atoms with van der Waals surface area (Å²) in [6.07, 6.45) is 5.96. The van der Waals surface area contributed by atoms with Crippen molar-refractivity contribution >= 4 is 28.8 Å². The Labute approximate surface area is 209 Å². The average Bonchev–Trinajstić information content (AvgIpc) is 3.48. The third-order valence-corrected chi connectivity index (χ3v) is 6.49. The van der Waals surface area contributed by atoms with Crippen LogP contribution in [-0.2, 0) is 13.0 Å². The zero-order valence-corrected chi connectivity index (χ0v) is 20.4. The molecule has 3 heterocycles. The summed E-state index contributed by atoms with van der Waals surface area (Å²) in [6.45, 7) is 4.82. The van der Waals surface area contributed by atoms with Gasteiger partial charge in [-0.2, -0.15) is 5.10 Å². The van der Waals surface area contributed by atoms with E-state index < -0.39 is 0 Å². The van der Waals surface area contributed by atoms with Gasteiger partial charge in [-0.15, -0.1) is 0 Å². The van der Waals surface area contributed by atoms with Gasteiger partial charge in [0.1, 0.15) is 5.65 Å². The van der Waals surface area contributed by atoms with Gasteiger partial charge in [0.15, 0.2) is 0 Å². The highest BCUT2D eigenvalue weighted by atomic mass is 35.5. The topological polar surface area (TPSA) is 64.2 Å². The van der Waals surface area contributed by atoms with Crippen molar-refractivity contribution in [3.8, 4) is 0 Å². The van der Waals surface area contributed by atoms with Gasteiger partial charge >= 0.3 is 0 Å². The number of carbonyl (C=O) groups is 1. The number of aromatic nitrogens is 4. The number of hydrogen-bond donors (Lipinski definition) is 1. The van der Waals surface area contributed by atoms with Crippen LogP contribution in [0.25, 0.3) is 5.65 Å². The minimum Gasteiger partial charge on any atom is -0.319 e. The molecule has 0 aliphatic rings. The van der Waals surface area contributed by atoms with Gasteiger partial charge in [-0.3, -0.25) is 9.48 Å². The molecule has 3 aromatic heterocycles. The van der Waals surface area contributed by atoms with E-state index in [1.165, 1.54) is 0 Å². The summed E-state index contributed by atoms with van der Waals surface area (Å²) >= 11 is 6.58. The summed E-state index contributed by atoms with van der Waals surface area (Å²) in [5.74, 6) is -0.323. The molecule has 0 atom stereocenters. The Kier molecular flexibility index (Phi) is 6.38. The fraction of sp³-hybridized carbons (Fsp3) is 0.179. The van der Waals surface area contributed by atoms with Crippen molar-refractivity contribution in [2.75, 3.05) is 5.32 Å². The van der Waals surface area contributed by atoms with Gasteiger partial charge < -0.3 is 9.72 Å². The molecule has 0 fully saturated rings. The molecule has 176 valence electrons. The monoisotopic (exact) mass is 483 g/mol. The number of benzene rings is 2. The number of imidazole rings is 1. The number of rotatable bonds is 7. The lowest BCUT2D eigenvalue weighted by molar-refractivity contribution is 0.102. The first-order chi connectivity index (χ1) is 17.1. The first-order valence-corrected chi connectivity index (χ1v) is 12.1. The molecule has 0 bridgehead atoms. The minimum atomic E-state index is -0.285. The summed E-state index contributed by atoms with van der Waals surface area (Å²) in [6, 6.07) is 22.5. The summed E-state index contributed by atoms with van der Waals surface area (Å²) in [5.41, 5.74) is 6.06. The predicted octanol–water partition coefficient (Wildman–Crippen LogP) is 6.20. The van der Waals surface area contributed by atoms with Crippen molar-refractivity contribution in [3.05, 3.63) is 118 Å². The van der Waals surface area contributed by atoms with Gasteiger partial charge in [0.05, 0.1) is 34.1 Å². The number of anilines is 1. The number of pyridine rings is 1. The molecule has 2 aromatic carbocycles. The van der Waals surface area contributed by atoms with E-state index in [1.807, 2.05) is 47.7 Å². The highest BCUT2D eigenvalue weighted by Gasteiger charge is 2.25. The number of halogens is 1. The molecule has 6 nitrogen and oxygen atoms in total. The third-order valence-electron chi connectivity index (χ3n) is 6.17. The average molecular weight is 484 g/mol. The Morgan fingerprint density at radius 2 is 1.66 bits per heavy atom. The summed E-state index contributed by atoms with van der Waals surface area (Å²) in [4.78, 5) is 18.1. The quantitative estimate of drug-likeness (QED) is 0.300. The normalized spacial score (nSPS) is 11.3. The van der Waals surface area contributed by atoms with E-state index in [0.717, 1.165) is 35.5 Å². The van der Waals surface area contributed by atoms with Crippen LogP contribution in [0.4, 0.5) is 5.69 Å². The number of nitrogens with zero attached hydrogens (tertiary/aromatic N) is 4. The standard InChI is InChI=1S/C28H26ClN5O/c1-3-24-27(26(19-11-7-5-8-12-19)20-13-9-6-10-14-20)32-25-15-23(29)22(18-34(24)25)28(35)31-21-16-30-33(4-2)17-21/h5-18,26H,3-4H2,1-2H3,(H,31,35). The van der Waals surface area contributed by atoms with E-state index in [1.54, 1.807) is 29.3 Å². The van der Waals surface area contributed by atoms with Crippen molar-refractivity contribution in [3.63, 3.8) is 0 Å². The molecule has 7 heteroatoms. The fourth-order valence-electron chi connectivity index (χ4n) is 4.48.